The summed E-state index contributed by atoms with van der Waals surface area (Å²) in [7, 11) is 0. The molecule has 10 aromatic rings. The predicted octanol–water partition coefficient (Wildman–Crippen LogP) is 13.0. The lowest BCUT2D eigenvalue weighted by atomic mass is 9.81. The summed E-state index contributed by atoms with van der Waals surface area (Å²) in [4.78, 5) is 0. The van der Waals surface area contributed by atoms with E-state index in [4.69, 9.17) is 45.9 Å². The van der Waals surface area contributed by atoms with E-state index in [0.29, 0.717) is 45.5 Å². The van der Waals surface area contributed by atoms with Gasteiger partial charge in [-0.05, 0) is 117 Å². The second kappa shape index (κ2) is 18.7. The Hall–Kier alpha value is -9.40. The van der Waals surface area contributed by atoms with Gasteiger partial charge in [-0.2, -0.15) is 0 Å². The third-order valence-corrected chi connectivity index (χ3v) is 13.5. The normalized spacial score (nSPS) is 11.3. The summed E-state index contributed by atoms with van der Waals surface area (Å²) in [5.41, 5.74) is 73.5. The maximum atomic E-state index is 6.66. The molecule has 0 saturated heterocycles. The van der Waals surface area contributed by atoms with Crippen molar-refractivity contribution >= 4 is 45.5 Å². The van der Waals surface area contributed by atoms with Gasteiger partial charge in [0.05, 0.1) is 0 Å². The van der Waals surface area contributed by atoms with Gasteiger partial charge < -0.3 is 45.9 Å². The maximum Gasteiger partial charge on any atom is 0.0394 e. The van der Waals surface area contributed by atoms with Crippen molar-refractivity contribution in [3.8, 4) is 55.6 Å². The fraction of sp³-hybridized carbons (Fsp3) is 0.0323. The second-order valence-corrected chi connectivity index (χ2v) is 17.8. The molecule has 8 heteroatoms. The highest BCUT2D eigenvalue weighted by Crippen LogP contribution is 2.44. The molecule has 0 bridgehead atoms. The van der Waals surface area contributed by atoms with Crippen LogP contribution in [0.15, 0.2) is 218 Å². The molecule has 342 valence electrons. The van der Waals surface area contributed by atoms with Crippen molar-refractivity contribution in [2.45, 2.75) is 11.8 Å². The first-order valence-electron chi connectivity index (χ1n) is 23.2. The highest BCUT2D eigenvalue weighted by atomic mass is 14.6. The van der Waals surface area contributed by atoms with Gasteiger partial charge in [-0.3, -0.25) is 0 Å². The molecule has 0 aromatic heterocycles. The quantitative estimate of drug-likeness (QED) is 0.0461. The number of nitrogen functional groups attached to an aromatic ring is 8. The summed E-state index contributed by atoms with van der Waals surface area (Å²) >= 11 is 0. The van der Waals surface area contributed by atoms with Crippen molar-refractivity contribution < 1.29 is 0 Å². The van der Waals surface area contributed by atoms with Crippen molar-refractivity contribution in [3.63, 3.8) is 0 Å². The summed E-state index contributed by atoms with van der Waals surface area (Å²) in [6.07, 6.45) is 0. The third kappa shape index (κ3) is 8.57. The number of nitrogens with two attached hydrogens (primary N) is 8. The second-order valence-electron chi connectivity index (χ2n) is 17.8. The van der Waals surface area contributed by atoms with Crippen molar-refractivity contribution in [2.75, 3.05) is 45.9 Å². The summed E-state index contributed by atoms with van der Waals surface area (Å²) in [5.74, 6) is -0.393. The van der Waals surface area contributed by atoms with Crippen LogP contribution < -0.4 is 45.9 Å². The van der Waals surface area contributed by atoms with Gasteiger partial charge in [0.1, 0.15) is 0 Å². The molecule has 0 spiro atoms. The van der Waals surface area contributed by atoms with E-state index in [1.165, 1.54) is 0 Å². The molecule has 0 saturated carbocycles. The van der Waals surface area contributed by atoms with Crippen molar-refractivity contribution in [3.05, 3.63) is 252 Å². The Labute approximate surface area is 408 Å². The maximum absolute atomic E-state index is 6.66. The van der Waals surface area contributed by atoms with E-state index in [1.54, 1.807) is 0 Å². The molecular weight excluding hydrogens is 857 g/mol. The molecule has 0 aliphatic heterocycles. The van der Waals surface area contributed by atoms with Gasteiger partial charge in [0.2, 0.25) is 0 Å². The molecule has 0 aliphatic carbocycles. The van der Waals surface area contributed by atoms with Crippen LogP contribution >= 0.6 is 0 Å². The minimum absolute atomic E-state index is 0.196. The van der Waals surface area contributed by atoms with Crippen molar-refractivity contribution in [1.82, 2.24) is 0 Å². The fourth-order valence-corrected chi connectivity index (χ4v) is 9.81. The minimum atomic E-state index is -0.196. The lowest BCUT2D eigenvalue weighted by Crippen LogP contribution is -2.07. The minimum Gasteiger partial charge on any atom is -0.398 e. The average Bonchev–Trinajstić information content (AvgIpc) is 3.37. The van der Waals surface area contributed by atoms with E-state index >= 15 is 0 Å². The van der Waals surface area contributed by atoms with Crippen LogP contribution in [0.2, 0.25) is 0 Å². The van der Waals surface area contributed by atoms with Crippen molar-refractivity contribution in [2.24, 2.45) is 0 Å². The highest BCUT2D eigenvalue weighted by Gasteiger charge is 2.24. The zero-order valence-electron chi connectivity index (χ0n) is 38.6. The highest BCUT2D eigenvalue weighted by molar-refractivity contribution is 5.88. The lowest BCUT2D eigenvalue weighted by molar-refractivity contribution is 0.978. The van der Waals surface area contributed by atoms with E-state index in [1.807, 2.05) is 121 Å². The number of hydrogen-bond acceptors (Lipinski definition) is 8. The number of benzene rings is 10. The Morgan fingerprint density at radius 3 is 0.614 bits per heavy atom. The van der Waals surface area contributed by atoms with E-state index < -0.39 is 0 Å². The molecule has 0 atom stereocenters. The largest absolute Gasteiger partial charge is 0.398 e. The van der Waals surface area contributed by atoms with E-state index in [0.717, 1.165) is 89.0 Å². The first kappa shape index (κ1) is 44.4. The molecule has 0 radical (unpaired) electrons. The number of rotatable bonds is 11. The molecule has 10 aromatic carbocycles. The monoisotopic (exact) mass is 910 g/mol. The van der Waals surface area contributed by atoms with E-state index in [-0.39, 0.29) is 11.8 Å². The standard InChI is InChI=1S/C62H54N8/c63-53-13-5-1-9-45(53)49-33-41(25-29-57(49)67)61(42-26-30-58(68)50(34-42)46-10-2-6-14-54(46)64)39-21-17-37(18-22-39)38-19-23-40(24-20-38)62(43-27-31-59(69)51(35-43)47-11-3-7-15-55(47)65)44-28-32-60(70)52(36-44)48-12-4-8-16-56(48)66/h1-36,61-62H,63-70H2. The Kier molecular flexibility index (Phi) is 11.9. The molecule has 0 heterocycles. The van der Waals surface area contributed by atoms with Gasteiger partial charge in [-0.25, -0.2) is 0 Å². The topological polar surface area (TPSA) is 208 Å². The predicted molar refractivity (Wildman–Crippen MR) is 297 cm³/mol. The third-order valence-electron chi connectivity index (χ3n) is 13.5. The molecule has 70 heavy (non-hydrogen) atoms. The van der Waals surface area contributed by atoms with Gasteiger partial charge in [-0.1, -0.05) is 146 Å². The SMILES string of the molecule is Nc1ccccc1-c1cc(C(c2ccc(-c3ccc(C(c4ccc(N)c(-c5ccccc5N)c4)c4ccc(N)c(-c5ccccc5N)c4)cc3)cc2)c2ccc(N)c(-c3ccccc3N)c2)ccc1N. The Bertz CT molecular complexity index is 3120. The Balaban J connectivity index is 1.05. The molecule has 0 aliphatic rings. The van der Waals surface area contributed by atoms with Crippen LogP contribution in [0.5, 0.6) is 0 Å². The molecule has 0 fully saturated rings. The molecule has 0 unspecified atom stereocenters. The zero-order valence-corrected chi connectivity index (χ0v) is 38.6. The Morgan fingerprint density at radius 2 is 0.386 bits per heavy atom. The summed E-state index contributed by atoms with van der Waals surface area (Å²) in [6, 6.07) is 73.6. The van der Waals surface area contributed by atoms with Crippen LogP contribution in [-0.2, 0) is 0 Å². The van der Waals surface area contributed by atoms with E-state index in [9.17, 15) is 0 Å². The molecule has 16 N–H and O–H groups in total. The van der Waals surface area contributed by atoms with Crippen LogP contribution in [0, 0.1) is 0 Å². The smallest absolute Gasteiger partial charge is 0.0394 e. The van der Waals surface area contributed by atoms with E-state index in [2.05, 4.69) is 97.1 Å². The molecule has 0 amide bonds. The number of hydrogen-bond donors (Lipinski definition) is 8. The Morgan fingerprint density at radius 1 is 0.186 bits per heavy atom. The van der Waals surface area contributed by atoms with Gasteiger partial charge in [0, 0.05) is 102 Å². The lowest BCUT2D eigenvalue weighted by Gasteiger charge is -2.23. The summed E-state index contributed by atoms with van der Waals surface area (Å²) in [6.45, 7) is 0. The molecule has 10 rings (SSSR count). The van der Waals surface area contributed by atoms with Crippen LogP contribution in [0.25, 0.3) is 55.6 Å². The van der Waals surface area contributed by atoms with Gasteiger partial charge >= 0.3 is 0 Å². The summed E-state index contributed by atoms with van der Waals surface area (Å²) in [5, 5.41) is 0. The van der Waals surface area contributed by atoms with Gasteiger partial charge in [0.25, 0.3) is 0 Å². The first-order valence-corrected chi connectivity index (χ1v) is 23.2. The van der Waals surface area contributed by atoms with Crippen LogP contribution in [0.1, 0.15) is 45.2 Å². The van der Waals surface area contributed by atoms with Crippen molar-refractivity contribution in [1.29, 1.82) is 0 Å². The molecular formula is C62H54N8. The average molecular weight is 911 g/mol. The van der Waals surface area contributed by atoms with Gasteiger partial charge in [0.15, 0.2) is 0 Å². The molecule has 8 nitrogen and oxygen atoms in total. The van der Waals surface area contributed by atoms with Gasteiger partial charge in [-0.15, -0.1) is 0 Å². The first-order chi connectivity index (χ1) is 34.0. The van der Waals surface area contributed by atoms with Crippen LogP contribution in [0.4, 0.5) is 45.5 Å². The summed E-state index contributed by atoms with van der Waals surface area (Å²) < 4.78 is 0. The zero-order chi connectivity index (χ0) is 48.5. The number of para-hydroxylation sites is 4. The van der Waals surface area contributed by atoms with Crippen LogP contribution in [0.3, 0.4) is 0 Å². The van der Waals surface area contributed by atoms with Crippen LogP contribution in [-0.4, -0.2) is 0 Å². The fourth-order valence-electron chi connectivity index (χ4n) is 9.81. The number of anilines is 8.